The first-order valence-corrected chi connectivity index (χ1v) is 13.4. The van der Waals surface area contributed by atoms with E-state index in [2.05, 4.69) is 10.2 Å². The summed E-state index contributed by atoms with van der Waals surface area (Å²) in [7, 11) is 1.53. The Kier molecular flexibility index (Phi) is 7.73. The number of carbonyl (C=O) groups is 2. The quantitative estimate of drug-likeness (QED) is 0.381. The molecule has 2 aromatic carbocycles. The average Bonchev–Trinajstić information content (AvgIpc) is 3.32. The summed E-state index contributed by atoms with van der Waals surface area (Å²) < 4.78 is 42.4. The average molecular weight is 595 g/mol. The SMILES string of the molecule is COc1cccc([C@@H]2O[C@@H](CC(=O)N3CCC[C@H](C(=O)O)C3)c3nnc(C(F)(F)Cl)n3-c3ccc(Cl)cc32)c1C. The molecule has 5 rings (SSSR count). The number of rotatable bonds is 6. The van der Waals surface area contributed by atoms with Gasteiger partial charge in [-0.3, -0.25) is 14.2 Å². The Balaban J connectivity index is 1.64. The van der Waals surface area contributed by atoms with Gasteiger partial charge in [-0.1, -0.05) is 23.7 Å². The van der Waals surface area contributed by atoms with Crippen LogP contribution in [0, 0.1) is 12.8 Å². The molecule has 0 saturated carbocycles. The number of carbonyl (C=O) groups excluding carboxylic acids is 1. The number of ether oxygens (including phenoxy) is 2. The Labute approximate surface area is 238 Å². The zero-order chi connectivity index (χ0) is 28.8. The van der Waals surface area contributed by atoms with Crippen molar-refractivity contribution in [2.24, 2.45) is 5.92 Å². The van der Waals surface area contributed by atoms with E-state index in [9.17, 15) is 23.5 Å². The molecule has 9 nitrogen and oxygen atoms in total. The molecule has 0 aliphatic carbocycles. The maximum absolute atomic E-state index is 14.6. The summed E-state index contributed by atoms with van der Waals surface area (Å²) >= 11 is 11.8. The summed E-state index contributed by atoms with van der Waals surface area (Å²) in [6, 6.07) is 10.1. The summed E-state index contributed by atoms with van der Waals surface area (Å²) in [5, 5.41) is 13.6. The van der Waals surface area contributed by atoms with Gasteiger partial charge in [0.25, 0.3) is 0 Å². The Bertz CT molecular complexity index is 1460. The number of carboxylic acid groups (broad SMARTS) is 1. The first kappa shape index (κ1) is 28.3. The summed E-state index contributed by atoms with van der Waals surface area (Å²) in [4.78, 5) is 26.5. The Morgan fingerprint density at radius 1 is 1.23 bits per heavy atom. The van der Waals surface area contributed by atoms with Gasteiger partial charge in [0.05, 0.1) is 25.1 Å². The first-order valence-electron chi connectivity index (χ1n) is 12.6. The molecular weight excluding hydrogens is 569 g/mol. The van der Waals surface area contributed by atoms with Crippen molar-refractivity contribution < 1.29 is 33.0 Å². The predicted molar refractivity (Wildman–Crippen MR) is 141 cm³/mol. The zero-order valence-corrected chi connectivity index (χ0v) is 23.1. The number of benzene rings is 2. The number of methoxy groups -OCH3 is 1. The third kappa shape index (κ3) is 5.25. The van der Waals surface area contributed by atoms with Crippen molar-refractivity contribution in [1.29, 1.82) is 0 Å². The molecule has 3 aromatic rings. The zero-order valence-electron chi connectivity index (χ0n) is 21.6. The van der Waals surface area contributed by atoms with E-state index in [1.54, 1.807) is 30.3 Å². The smallest absolute Gasteiger partial charge is 0.382 e. The minimum absolute atomic E-state index is 0.0397. The maximum Gasteiger partial charge on any atom is 0.382 e. The van der Waals surface area contributed by atoms with Crippen LogP contribution < -0.4 is 4.74 Å². The Morgan fingerprint density at radius 2 is 2.00 bits per heavy atom. The number of hydrogen-bond acceptors (Lipinski definition) is 6. The predicted octanol–water partition coefficient (Wildman–Crippen LogP) is 5.40. The Morgan fingerprint density at radius 3 is 2.70 bits per heavy atom. The number of likely N-dealkylation sites (tertiary alicyclic amines) is 1. The van der Waals surface area contributed by atoms with Crippen LogP contribution in [0.15, 0.2) is 36.4 Å². The molecular formula is C27H26Cl2F2N4O5. The van der Waals surface area contributed by atoms with Crippen molar-refractivity contribution in [3.63, 3.8) is 0 Å². The van der Waals surface area contributed by atoms with Gasteiger partial charge in [0, 0.05) is 23.7 Å². The van der Waals surface area contributed by atoms with E-state index in [1.807, 2.05) is 13.0 Å². The Hall–Kier alpha value is -3.28. The van der Waals surface area contributed by atoms with Gasteiger partial charge in [-0.25, -0.2) is 0 Å². The number of halogens is 4. The second-order valence-corrected chi connectivity index (χ2v) is 10.7. The minimum atomic E-state index is -3.88. The van der Waals surface area contributed by atoms with Gasteiger partial charge in [0.15, 0.2) is 5.82 Å². The fourth-order valence-corrected chi connectivity index (χ4v) is 5.68. The molecule has 1 amide bonds. The van der Waals surface area contributed by atoms with Gasteiger partial charge in [0.2, 0.25) is 11.7 Å². The van der Waals surface area contributed by atoms with Crippen LogP contribution in [0.1, 0.15) is 59.8 Å². The van der Waals surface area contributed by atoms with E-state index in [-0.39, 0.29) is 24.5 Å². The van der Waals surface area contributed by atoms with Crippen LogP contribution in [0.4, 0.5) is 8.78 Å². The number of fused-ring (bicyclic) bond motifs is 3. The van der Waals surface area contributed by atoms with Crippen LogP contribution >= 0.6 is 23.2 Å². The van der Waals surface area contributed by atoms with E-state index in [0.29, 0.717) is 41.3 Å². The third-order valence-corrected chi connectivity index (χ3v) is 7.76. The van der Waals surface area contributed by atoms with Gasteiger partial charge in [0.1, 0.15) is 18.0 Å². The van der Waals surface area contributed by atoms with Crippen molar-refractivity contribution in [1.82, 2.24) is 19.7 Å². The fourth-order valence-electron chi connectivity index (χ4n) is 5.37. The lowest BCUT2D eigenvalue weighted by atomic mass is 9.95. The summed E-state index contributed by atoms with van der Waals surface area (Å²) in [5.74, 6) is -2.34. The maximum atomic E-state index is 14.6. The normalized spacial score (nSPS) is 20.9. The molecule has 1 aromatic heterocycles. The lowest BCUT2D eigenvalue weighted by molar-refractivity contribution is -0.146. The number of carboxylic acids is 1. The van der Waals surface area contributed by atoms with Crippen LogP contribution in [-0.4, -0.2) is 56.8 Å². The number of aromatic nitrogens is 3. The summed E-state index contributed by atoms with van der Waals surface area (Å²) in [5.41, 5.74) is 2.12. The number of hydrogen-bond donors (Lipinski definition) is 1. The van der Waals surface area contributed by atoms with Gasteiger partial charge < -0.3 is 19.5 Å². The van der Waals surface area contributed by atoms with Crippen molar-refractivity contribution in [2.75, 3.05) is 20.2 Å². The molecule has 0 unspecified atom stereocenters. The van der Waals surface area contributed by atoms with E-state index >= 15 is 0 Å². The molecule has 3 heterocycles. The summed E-state index contributed by atoms with van der Waals surface area (Å²) in [6.07, 6.45) is -1.30. The van der Waals surface area contributed by atoms with Crippen molar-refractivity contribution >= 4 is 35.1 Å². The molecule has 1 N–H and O–H groups in total. The van der Waals surface area contributed by atoms with Crippen molar-refractivity contribution in [3.8, 4) is 11.4 Å². The highest BCUT2D eigenvalue weighted by atomic mass is 35.5. The largest absolute Gasteiger partial charge is 0.496 e. The van der Waals surface area contributed by atoms with Crippen LogP contribution in [0.5, 0.6) is 5.75 Å². The van der Waals surface area contributed by atoms with E-state index in [0.717, 1.165) is 10.1 Å². The molecule has 1 fully saturated rings. The van der Waals surface area contributed by atoms with E-state index < -0.39 is 41.2 Å². The molecule has 0 radical (unpaired) electrons. The van der Waals surface area contributed by atoms with Crippen LogP contribution in [0.25, 0.3) is 5.69 Å². The fraction of sp³-hybridized carbons (Fsp3) is 0.407. The summed E-state index contributed by atoms with van der Waals surface area (Å²) in [6.45, 7) is 2.26. The molecule has 3 atom stereocenters. The minimum Gasteiger partial charge on any atom is -0.496 e. The first-order chi connectivity index (χ1) is 19.0. The number of alkyl halides is 3. The second kappa shape index (κ2) is 10.9. The lowest BCUT2D eigenvalue weighted by Crippen LogP contribution is -2.43. The highest BCUT2D eigenvalue weighted by Crippen LogP contribution is 2.45. The highest BCUT2D eigenvalue weighted by molar-refractivity contribution is 6.30. The van der Waals surface area contributed by atoms with Crippen molar-refractivity contribution in [2.45, 2.75) is 43.8 Å². The molecule has 0 bridgehead atoms. The molecule has 2 aliphatic heterocycles. The van der Waals surface area contributed by atoms with Gasteiger partial charge in [-0.2, -0.15) is 8.78 Å². The molecule has 40 heavy (non-hydrogen) atoms. The molecule has 0 spiro atoms. The monoisotopic (exact) mass is 594 g/mol. The van der Waals surface area contributed by atoms with E-state index in [1.165, 1.54) is 12.0 Å². The van der Waals surface area contributed by atoms with E-state index in [4.69, 9.17) is 32.7 Å². The van der Waals surface area contributed by atoms with Crippen LogP contribution in [-0.2, 0) is 19.7 Å². The number of piperidine rings is 1. The van der Waals surface area contributed by atoms with Crippen molar-refractivity contribution in [3.05, 3.63) is 69.8 Å². The molecule has 13 heteroatoms. The highest BCUT2D eigenvalue weighted by Gasteiger charge is 2.43. The molecule has 212 valence electrons. The second-order valence-electron chi connectivity index (χ2n) is 9.82. The topological polar surface area (TPSA) is 107 Å². The molecule has 1 saturated heterocycles. The number of aliphatic carboxylic acids is 1. The van der Waals surface area contributed by atoms with Crippen LogP contribution in [0.3, 0.4) is 0 Å². The third-order valence-electron chi connectivity index (χ3n) is 7.35. The van der Waals surface area contributed by atoms with Gasteiger partial charge in [-0.05, 0) is 66.8 Å². The van der Waals surface area contributed by atoms with Gasteiger partial charge >= 0.3 is 11.4 Å². The number of nitrogens with zero attached hydrogens (tertiary/aromatic N) is 4. The number of amides is 1. The standard InChI is InChI=1S/C27H26Cl2F2N4O5/c1-14-17(6-3-7-20(14)39-2)23-18-11-16(28)8-9-19(18)35-24(32-33-26(35)27(29,30)31)21(40-23)12-22(36)34-10-4-5-15(13-34)25(37)38/h3,6-9,11,15,21,23H,4-5,10,12-13H2,1-2H3,(H,37,38)/t15-,21-,23-/m0/s1. The van der Waals surface area contributed by atoms with Gasteiger partial charge in [-0.15, -0.1) is 10.2 Å². The lowest BCUT2D eigenvalue weighted by Gasteiger charge is -2.32. The van der Waals surface area contributed by atoms with Crippen LogP contribution in [0.2, 0.25) is 5.02 Å². The molecule has 2 aliphatic rings.